The van der Waals surface area contributed by atoms with Gasteiger partial charge in [-0.25, -0.2) is 4.68 Å². The van der Waals surface area contributed by atoms with E-state index in [1.54, 1.807) is 6.20 Å². The number of pyridine rings is 1. The molecule has 3 heterocycles. The van der Waals surface area contributed by atoms with E-state index < -0.39 is 0 Å². The highest BCUT2D eigenvalue weighted by atomic mass is 16.5. The molecule has 19 heavy (non-hydrogen) atoms. The Morgan fingerprint density at radius 1 is 1.21 bits per heavy atom. The summed E-state index contributed by atoms with van der Waals surface area (Å²) in [4.78, 5) is 6.43. The van der Waals surface area contributed by atoms with Crippen LogP contribution in [0.3, 0.4) is 0 Å². The zero-order valence-electron chi connectivity index (χ0n) is 10.8. The molecule has 0 aromatic carbocycles. The third kappa shape index (κ3) is 3.36. The quantitative estimate of drug-likeness (QED) is 0.802. The van der Waals surface area contributed by atoms with Crippen molar-refractivity contribution in [3.63, 3.8) is 0 Å². The minimum atomic E-state index is 0.712. The Hall–Kier alpha value is -1.79. The van der Waals surface area contributed by atoms with Gasteiger partial charge in [0.2, 0.25) is 0 Å². The molecule has 0 N–H and O–H groups in total. The summed E-state index contributed by atoms with van der Waals surface area (Å²) in [5.74, 6) is 0. The van der Waals surface area contributed by atoms with Crippen LogP contribution in [0.1, 0.15) is 11.3 Å². The van der Waals surface area contributed by atoms with Gasteiger partial charge in [0.25, 0.3) is 0 Å². The first-order valence-corrected chi connectivity index (χ1v) is 6.48. The lowest BCUT2D eigenvalue weighted by Crippen LogP contribution is -2.35. The van der Waals surface area contributed by atoms with Gasteiger partial charge in [-0.3, -0.25) is 9.88 Å². The van der Waals surface area contributed by atoms with Crippen molar-refractivity contribution >= 4 is 0 Å². The zero-order valence-corrected chi connectivity index (χ0v) is 10.8. The number of hydrogen-bond donors (Lipinski definition) is 0. The third-order valence-electron chi connectivity index (χ3n) is 3.14. The zero-order chi connectivity index (χ0) is 12.9. The van der Waals surface area contributed by atoms with Crippen LogP contribution in [0.2, 0.25) is 0 Å². The molecule has 0 saturated carbocycles. The van der Waals surface area contributed by atoms with E-state index in [9.17, 15) is 0 Å². The van der Waals surface area contributed by atoms with Gasteiger partial charge in [0, 0.05) is 32.0 Å². The summed E-state index contributed by atoms with van der Waals surface area (Å²) in [5, 5.41) is 8.37. The molecule has 2 aromatic heterocycles. The highest BCUT2D eigenvalue weighted by Gasteiger charge is 2.12. The lowest BCUT2D eigenvalue weighted by molar-refractivity contribution is 0.0336. The van der Waals surface area contributed by atoms with E-state index in [1.165, 1.54) is 0 Å². The molecule has 0 bridgehead atoms. The molecule has 6 nitrogen and oxygen atoms in total. The van der Waals surface area contributed by atoms with Crippen LogP contribution in [-0.4, -0.2) is 51.2 Å². The summed E-state index contributed by atoms with van der Waals surface area (Å²) < 4.78 is 7.19. The average Bonchev–Trinajstić information content (AvgIpc) is 2.88. The second kappa shape index (κ2) is 5.90. The number of aromatic nitrogens is 4. The smallest absolute Gasteiger partial charge is 0.0967 e. The van der Waals surface area contributed by atoms with Crippen LogP contribution in [0.4, 0.5) is 0 Å². The number of morpholine rings is 1. The molecule has 100 valence electrons. The minimum Gasteiger partial charge on any atom is -0.379 e. The molecule has 2 aromatic rings. The van der Waals surface area contributed by atoms with E-state index in [2.05, 4.69) is 20.2 Å². The van der Waals surface area contributed by atoms with Crippen molar-refractivity contribution < 1.29 is 4.74 Å². The molecule has 0 aliphatic carbocycles. The van der Waals surface area contributed by atoms with Crippen LogP contribution in [0.15, 0.2) is 30.7 Å². The van der Waals surface area contributed by atoms with Crippen molar-refractivity contribution in [2.24, 2.45) is 0 Å². The number of ether oxygens (including phenoxy) is 1. The predicted octanol–water partition coefficient (Wildman–Crippen LogP) is 0.554. The SMILES string of the molecule is c1cncc(Cn2cc(CN3CCOCC3)nn2)c1. The summed E-state index contributed by atoms with van der Waals surface area (Å²) >= 11 is 0. The second-order valence-corrected chi connectivity index (χ2v) is 4.66. The Morgan fingerprint density at radius 3 is 2.89 bits per heavy atom. The van der Waals surface area contributed by atoms with Gasteiger partial charge in [-0.2, -0.15) is 0 Å². The summed E-state index contributed by atoms with van der Waals surface area (Å²) in [7, 11) is 0. The van der Waals surface area contributed by atoms with Crippen LogP contribution in [0, 0.1) is 0 Å². The molecule has 1 aliphatic rings. The van der Waals surface area contributed by atoms with E-state index in [1.807, 2.05) is 29.2 Å². The fourth-order valence-corrected chi connectivity index (χ4v) is 2.16. The standard InChI is InChI=1S/C13H17N5O/c1-2-12(8-14-3-1)9-18-11-13(15-16-18)10-17-4-6-19-7-5-17/h1-3,8,11H,4-7,9-10H2. The van der Waals surface area contributed by atoms with Crippen molar-refractivity contribution in [2.75, 3.05) is 26.3 Å². The fraction of sp³-hybridized carbons (Fsp3) is 0.462. The van der Waals surface area contributed by atoms with Gasteiger partial charge in [0.05, 0.1) is 31.6 Å². The van der Waals surface area contributed by atoms with Crippen molar-refractivity contribution in [1.82, 2.24) is 24.9 Å². The predicted molar refractivity (Wildman–Crippen MR) is 69.5 cm³/mol. The summed E-state index contributed by atoms with van der Waals surface area (Å²) in [5.41, 5.74) is 2.14. The maximum absolute atomic E-state index is 5.33. The molecule has 1 fully saturated rings. The molecule has 0 spiro atoms. The van der Waals surface area contributed by atoms with Crippen molar-refractivity contribution in [1.29, 1.82) is 0 Å². The number of nitrogens with zero attached hydrogens (tertiary/aromatic N) is 5. The third-order valence-corrected chi connectivity index (χ3v) is 3.14. The summed E-state index contributed by atoms with van der Waals surface area (Å²) in [6, 6.07) is 3.97. The normalized spacial score (nSPS) is 16.6. The maximum Gasteiger partial charge on any atom is 0.0967 e. The molecule has 0 atom stereocenters. The van der Waals surface area contributed by atoms with Crippen LogP contribution in [-0.2, 0) is 17.8 Å². The first-order chi connectivity index (χ1) is 9.40. The van der Waals surface area contributed by atoms with Gasteiger partial charge in [-0.15, -0.1) is 5.10 Å². The number of rotatable bonds is 4. The Labute approximate surface area is 112 Å². The van der Waals surface area contributed by atoms with Crippen LogP contribution in [0.5, 0.6) is 0 Å². The molecule has 3 rings (SSSR count). The van der Waals surface area contributed by atoms with Gasteiger partial charge < -0.3 is 4.74 Å². The first-order valence-electron chi connectivity index (χ1n) is 6.48. The highest BCUT2D eigenvalue weighted by Crippen LogP contribution is 2.05. The monoisotopic (exact) mass is 259 g/mol. The van der Waals surface area contributed by atoms with E-state index in [-0.39, 0.29) is 0 Å². The first kappa shape index (κ1) is 12.3. The lowest BCUT2D eigenvalue weighted by atomic mass is 10.3. The van der Waals surface area contributed by atoms with Crippen LogP contribution < -0.4 is 0 Å². The van der Waals surface area contributed by atoms with Crippen LogP contribution in [0.25, 0.3) is 0 Å². The largest absolute Gasteiger partial charge is 0.379 e. The molecule has 6 heteroatoms. The van der Waals surface area contributed by atoms with E-state index in [4.69, 9.17) is 4.74 Å². The minimum absolute atomic E-state index is 0.712. The van der Waals surface area contributed by atoms with Crippen molar-refractivity contribution in [2.45, 2.75) is 13.1 Å². The molecular formula is C13H17N5O. The topological polar surface area (TPSA) is 56.1 Å². The van der Waals surface area contributed by atoms with Gasteiger partial charge in [-0.05, 0) is 11.6 Å². The Bertz CT molecular complexity index is 507. The fourth-order valence-electron chi connectivity index (χ4n) is 2.16. The molecule has 0 radical (unpaired) electrons. The molecule has 1 aliphatic heterocycles. The second-order valence-electron chi connectivity index (χ2n) is 4.66. The Kier molecular flexibility index (Phi) is 3.81. The van der Waals surface area contributed by atoms with Gasteiger partial charge >= 0.3 is 0 Å². The number of hydrogen-bond acceptors (Lipinski definition) is 5. The van der Waals surface area contributed by atoms with Crippen molar-refractivity contribution in [3.05, 3.63) is 42.0 Å². The van der Waals surface area contributed by atoms with E-state index >= 15 is 0 Å². The average molecular weight is 259 g/mol. The summed E-state index contributed by atoms with van der Waals surface area (Å²) in [6.45, 7) is 5.11. The molecular weight excluding hydrogens is 242 g/mol. The highest BCUT2D eigenvalue weighted by molar-refractivity contribution is 5.09. The van der Waals surface area contributed by atoms with Gasteiger partial charge in [0.15, 0.2) is 0 Å². The lowest BCUT2D eigenvalue weighted by Gasteiger charge is -2.25. The van der Waals surface area contributed by atoms with E-state index in [0.29, 0.717) is 6.54 Å². The van der Waals surface area contributed by atoms with Crippen molar-refractivity contribution in [3.8, 4) is 0 Å². The summed E-state index contributed by atoms with van der Waals surface area (Å²) in [6.07, 6.45) is 5.63. The van der Waals surface area contributed by atoms with Gasteiger partial charge in [0.1, 0.15) is 0 Å². The Morgan fingerprint density at radius 2 is 2.11 bits per heavy atom. The van der Waals surface area contributed by atoms with E-state index in [0.717, 1.165) is 44.1 Å². The molecule has 1 saturated heterocycles. The van der Waals surface area contributed by atoms with Crippen LogP contribution >= 0.6 is 0 Å². The molecule has 0 amide bonds. The van der Waals surface area contributed by atoms with Gasteiger partial charge in [-0.1, -0.05) is 11.3 Å². The Balaban J connectivity index is 1.59. The molecule has 0 unspecified atom stereocenters. The maximum atomic E-state index is 5.33.